The number of rotatable bonds is 12. The monoisotopic (exact) mass is 601 g/mol. The molecule has 0 aliphatic rings. The van der Waals surface area contributed by atoms with Crippen molar-refractivity contribution in [2.75, 3.05) is 5.32 Å². The summed E-state index contributed by atoms with van der Waals surface area (Å²) in [6, 6.07) is 11.0. The van der Waals surface area contributed by atoms with E-state index in [9.17, 15) is 28.4 Å². The Bertz CT molecular complexity index is 1250. The number of hydrogen-bond acceptors (Lipinski definition) is 8. The summed E-state index contributed by atoms with van der Waals surface area (Å²) in [4.78, 5) is 64.1. The predicted octanol–water partition coefficient (Wildman–Crippen LogP) is 4.40. The number of ether oxygens (including phenoxy) is 3. The van der Waals surface area contributed by atoms with E-state index in [0.29, 0.717) is 5.56 Å². The highest BCUT2D eigenvalue weighted by Gasteiger charge is 2.31. The van der Waals surface area contributed by atoms with Gasteiger partial charge in [0.15, 0.2) is 0 Å². The summed E-state index contributed by atoms with van der Waals surface area (Å²) >= 11 is 0. The highest BCUT2D eigenvalue weighted by atomic mass is 19.1. The van der Waals surface area contributed by atoms with Crippen molar-refractivity contribution < 1.29 is 42.6 Å². The minimum absolute atomic E-state index is 0.0912. The average Bonchev–Trinajstić information content (AvgIpc) is 2.89. The lowest BCUT2D eigenvalue weighted by Gasteiger charge is -2.25. The number of nitrogens with one attached hydrogen (secondary N) is 3. The van der Waals surface area contributed by atoms with Gasteiger partial charge in [-0.15, -0.1) is 0 Å². The van der Waals surface area contributed by atoms with E-state index in [1.165, 1.54) is 12.1 Å². The first-order valence-electron chi connectivity index (χ1n) is 13.8. The van der Waals surface area contributed by atoms with Crippen molar-refractivity contribution in [2.45, 2.75) is 90.7 Å². The van der Waals surface area contributed by atoms with Gasteiger partial charge in [-0.3, -0.25) is 19.2 Å². The van der Waals surface area contributed by atoms with E-state index >= 15 is 0 Å². The van der Waals surface area contributed by atoms with Crippen LogP contribution in [0.15, 0.2) is 54.6 Å². The van der Waals surface area contributed by atoms with Gasteiger partial charge >= 0.3 is 18.0 Å². The minimum atomic E-state index is -1.49. The number of anilines is 1. The van der Waals surface area contributed by atoms with Gasteiger partial charge in [0, 0.05) is 12.1 Å². The molecule has 0 bridgehead atoms. The molecule has 0 unspecified atom stereocenters. The van der Waals surface area contributed by atoms with E-state index in [-0.39, 0.29) is 25.1 Å². The molecule has 11 nitrogen and oxygen atoms in total. The normalized spacial score (nSPS) is 12.7. The molecule has 3 amide bonds. The van der Waals surface area contributed by atoms with Gasteiger partial charge in [0.05, 0.1) is 6.42 Å². The van der Waals surface area contributed by atoms with Crippen molar-refractivity contribution in [3.63, 3.8) is 0 Å². The van der Waals surface area contributed by atoms with Gasteiger partial charge in [-0.1, -0.05) is 30.3 Å². The van der Waals surface area contributed by atoms with Crippen LogP contribution in [0.5, 0.6) is 0 Å². The van der Waals surface area contributed by atoms with Gasteiger partial charge in [-0.05, 0) is 77.8 Å². The smallest absolute Gasteiger partial charge is 0.408 e. The molecule has 0 saturated heterocycles. The average molecular weight is 602 g/mol. The van der Waals surface area contributed by atoms with Gasteiger partial charge in [0.1, 0.15) is 35.7 Å². The van der Waals surface area contributed by atoms with Crippen molar-refractivity contribution in [1.29, 1.82) is 0 Å². The fourth-order valence-electron chi connectivity index (χ4n) is 3.62. The molecule has 0 aromatic heterocycles. The first-order valence-corrected chi connectivity index (χ1v) is 13.8. The third kappa shape index (κ3) is 14.3. The van der Waals surface area contributed by atoms with E-state index in [0.717, 1.165) is 12.1 Å². The van der Waals surface area contributed by atoms with Crippen LogP contribution in [0.25, 0.3) is 0 Å². The molecule has 0 radical (unpaired) electrons. The van der Waals surface area contributed by atoms with E-state index in [1.54, 1.807) is 71.9 Å². The largest absolute Gasteiger partial charge is 0.460 e. The molecule has 2 rings (SSSR count). The van der Waals surface area contributed by atoms with Gasteiger partial charge in [0.25, 0.3) is 0 Å². The van der Waals surface area contributed by atoms with Crippen molar-refractivity contribution in [2.24, 2.45) is 0 Å². The van der Waals surface area contributed by atoms with Crippen LogP contribution in [-0.4, -0.2) is 53.1 Å². The summed E-state index contributed by atoms with van der Waals surface area (Å²) in [7, 11) is 0. The molecule has 2 aromatic carbocycles. The standard InChI is InChI=1S/C31H40FN3O8/c1-30(2,3)42-25(36)17-16-23(27(38)33-22-14-12-21(32)13-15-22)34-28(39)24(18-26(37)43-31(4,5)6)35-29(40)41-19-20-10-8-7-9-11-20/h7-15,23-24H,16-19H2,1-6H3,(H,33,38)(H,34,39)(H,35,40)/t23-,24-/m0/s1. The highest BCUT2D eigenvalue weighted by molar-refractivity contribution is 5.99. The number of hydrogen-bond donors (Lipinski definition) is 3. The van der Waals surface area contributed by atoms with Crippen LogP contribution in [0.2, 0.25) is 0 Å². The van der Waals surface area contributed by atoms with Crippen LogP contribution >= 0.6 is 0 Å². The fourth-order valence-corrected chi connectivity index (χ4v) is 3.62. The van der Waals surface area contributed by atoms with Gasteiger partial charge in [-0.2, -0.15) is 0 Å². The Balaban J connectivity index is 2.21. The van der Waals surface area contributed by atoms with Crippen LogP contribution in [0.1, 0.15) is 66.4 Å². The fraction of sp³-hybridized carbons (Fsp3) is 0.452. The molecule has 0 fully saturated rings. The number of carbonyl (C=O) groups is 5. The number of alkyl carbamates (subject to hydrolysis) is 1. The predicted molar refractivity (Wildman–Crippen MR) is 156 cm³/mol. The Morgan fingerprint density at radius 2 is 1.33 bits per heavy atom. The van der Waals surface area contributed by atoms with E-state index in [1.807, 2.05) is 0 Å². The Morgan fingerprint density at radius 3 is 1.91 bits per heavy atom. The first kappa shape index (κ1) is 34.7. The maximum Gasteiger partial charge on any atom is 0.408 e. The van der Waals surface area contributed by atoms with Gasteiger partial charge < -0.3 is 30.2 Å². The summed E-state index contributed by atoms with van der Waals surface area (Å²) in [5.74, 6) is -3.51. The number of benzene rings is 2. The number of carbonyl (C=O) groups excluding carboxylic acids is 5. The molecular weight excluding hydrogens is 561 g/mol. The van der Waals surface area contributed by atoms with Crippen molar-refractivity contribution in [1.82, 2.24) is 10.6 Å². The van der Waals surface area contributed by atoms with Crippen LogP contribution in [0, 0.1) is 5.82 Å². The molecular formula is C31H40FN3O8. The zero-order valence-corrected chi connectivity index (χ0v) is 25.3. The molecule has 0 spiro atoms. The van der Waals surface area contributed by atoms with Crippen molar-refractivity contribution in [3.05, 3.63) is 66.0 Å². The third-order valence-corrected chi connectivity index (χ3v) is 5.41. The summed E-state index contributed by atoms with van der Waals surface area (Å²) in [6.45, 7) is 9.92. The van der Waals surface area contributed by atoms with E-state index < -0.39 is 65.4 Å². The molecule has 0 aliphatic carbocycles. The SMILES string of the molecule is CC(C)(C)OC(=O)CC[C@H](NC(=O)[C@H](CC(=O)OC(C)(C)C)NC(=O)OCc1ccccc1)C(=O)Nc1ccc(F)cc1. The molecule has 234 valence electrons. The molecule has 2 atom stereocenters. The second kappa shape index (κ2) is 15.7. The Morgan fingerprint density at radius 1 is 0.744 bits per heavy atom. The summed E-state index contributed by atoms with van der Waals surface area (Å²) in [5.41, 5.74) is -0.688. The topological polar surface area (TPSA) is 149 Å². The van der Waals surface area contributed by atoms with Crippen LogP contribution in [0.4, 0.5) is 14.9 Å². The molecule has 12 heteroatoms. The summed E-state index contributed by atoms with van der Waals surface area (Å²) < 4.78 is 29.2. The molecule has 0 heterocycles. The Kier molecular flexibility index (Phi) is 12.6. The van der Waals surface area contributed by atoms with E-state index in [4.69, 9.17) is 14.2 Å². The number of amides is 3. The number of halogens is 1. The molecule has 3 N–H and O–H groups in total. The van der Waals surface area contributed by atoms with Crippen LogP contribution < -0.4 is 16.0 Å². The van der Waals surface area contributed by atoms with E-state index in [2.05, 4.69) is 16.0 Å². The van der Waals surface area contributed by atoms with Gasteiger partial charge in [-0.25, -0.2) is 9.18 Å². The lowest BCUT2D eigenvalue weighted by atomic mass is 10.1. The quantitative estimate of drug-likeness (QED) is 0.240. The molecule has 43 heavy (non-hydrogen) atoms. The van der Waals surface area contributed by atoms with Crippen LogP contribution in [-0.2, 0) is 40.0 Å². The van der Waals surface area contributed by atoms with Crippen molar-refractivity contribution >= 4 is 35.5 Å². The maximum atomic E-state index is 13.4. The maximum absolute atomic E-state index is 13.4. The Hall–Kier alpha value is -4.48. The molecule has 0 aliphatic heterocycles. The van der Waals surface area contributed by atoms with Crippen LogP contribution in [0.3, 0.4) is 0 Å². The lowest BCUT2D eigenvalue weighted by Crippen LogP contribution is -2.53. The molecule has 0 saturated carbocycles. The third-order valence-electron chi connectivity index (χ3n) is 5.41. The summed E-state index contributed by atoms with van der Waals surface area (Å²) in [6.07, 6.45) is -1.95. The summed E-state index contributed by atoms with van der Waals surface area (Å²) in [5, 5.41) is 7.42. The zero-order chi connectivity index (χ0) is 32.2. The van der Waals surface area contributed by atoms with Gasteiger partial charge in [0.2, 0.25) is 11.8 Å². The second-order valence-electron chi connectivity index (χ2n) is 11.7. The first-order chi connectivity index (χ1) is 20.0. The lowest BCUT2D eigenvalue weighted by molar-refractivity contribution is -0.156. The minimum Gasteiger partial charge on any atom is -0.460 e. The molecule has 2 aromatic rings. The highest BCUT2D eigenvalue weighted by Crippen LogP contribution is 2.14. The Labute approximate surface area is 250 Å². The van der Waals surface area contributed by atoms with Crippen molar-refractivity contribution in [3.8, 4) is 0 Å². The number of esters is 2. The second-order valence-corrected chi connectivity index (χ2v) is 11.7. The zero-order valence-electron chi connectivity index (χ0n) is 25.3.